The molecule has 106 valence electrons. The van der Waals surface area contributed by atoms with Gasteiger partial charge >= 0.3 is 0 Å². The molecule has 0 spiro atoms. The van der Waals surface area contributed by atoms with Gasteiger partial charge in [0, 0.05) is 18.3 Å². The zero-order valence-electron chi connectivity index (χ0n) is 12.0. The lowest BCUT2D eigenvalue weighted by molar-refractivity contribution is 0.240. The van der Waals surface area contributed by atoms with Crippen LogP contribution in [0.4, 0.5) is 5.69 Å². The smallest absolute Gasteiger partial charge is 0.152 e. The van der Waals surface area contributed by atoms with Crippen LogP contribution >= 0.6 is 11.6 Å². The van der Waals surface area contributed by atoms with Gasteiger partial charge < -0.3 is 10.1 Å². The molecule has 0 atom stereocenters. The molecule has 1 aromatic carbocycles. The van der Waals surface area contributed by atoms with Gasteiger partial charge in [-0.2, -0.15) is 0 Å². The molecule has 0 aliphatic heterocycles. The predicted octanol–water partition coefficient (Wildman–Crippen LogP) is 4.44. The van der Waals surface area contributed by atoms with Crippen molar-refractivity contribution in [1.82, 2.24) is 4.98 Å². The van der Waals surface area contributed by atoms with E-state index >= 15 is 0 Å². The van der Waals surface area contributed by atoms with Gasteiger partial charge in [0.2, 0.25) is 0 Å². The van der Waals surface area contributed by atoms with E-state index in [4.69, 9.17) is 16.3 Å². The van der Waals surface area contributed by atoms with E-state index in [1.807, 2.05) is 51.1 Å². The van der Waals surface area contributed by atoms with E-state index in [0.717, 1.165) is 22.6 Å². The molecule has 3 nitrogen and oxygen atoms in total. The fraction of sp³-hybridized carbons (Fsp3) is 0.312. The number of para-hydroxylation sites is 1. The van der Waals surface area contributed by atoms with Crippen LogP contribution < -0.4 is 10.1 Å². The number of aryl methyl sites for hydroxylation is 1. The molecule has 20 heavy (non-hydrogen) atoms. The Morgan fingerprint density at radius 3 is 2.70 bits per heavy atom. The number of ether oxygens (including phenoxy) is 1. The summed E-state index contributed by atoms with van der Waals surface area (Å²) in [4.78, 5) is 4.09. The molecular weight excluding hydrogens is 272 g/mol. The molecule has 0 saturated heterocycles. The molecule has 2 rings (SSSR count). The zero-order valence-corrected chi connectivity index (χ0v) is 12.7. The van der Waals surface area contributed by atoms with Crippen molar-refractivity contribution in [3.63, 3.8) is 0 Å². The standard InChI is InChI=1S/C16H19ClN2O/c1-11(2)20-14-7-5-4-6-13(14)10-19-15-12(3)8-9-18-16(15)17/h4-9,11,19H,10H2,1-3H3. The van der Waals surface area contributed by atoms with Crippen molar-refractivity contribution in [2.45, 2.75) is 33.4 Å². The van der Waals surface area contributed by atoms with Crippen LogP contribution in [0.2, 0.25) is 5.15 Å². The van der Waals surface area contributed by atoms with Crippen LogP contribution in [0.15, 0.2) is 36.5 Å². The molecule has 0 aliphatic carbocycles. The quantitative estimate of drug-likeness (QED) is 0.827. The van der Waals surface area contributed by atoms with Crippen molar-refractivity contribution in [3.8, 4) is 5.75 Å². The van der Waals surface area contributed by atoms with Crippen LogP contribution in [0.3, 0.4) is 0 Å². The highest BCUT2D eigenvalue weighted by Crippen LogP contribution is 2.25. The number of nitrogens with one attached hydrogen (secondary N) is 1. The molecule has 1 heterocycles. The molecule has 1 aromatic heterocycles. The van der Waals surface area contributed by atoms with Crippen molar-refractivity contribution in [2.24, 2.45) is 0 Å². The van der Waals surface area contributed by atoms with Gasteiger partial charge in [-0.05, 0) is 38.5 Å². The maximum atomic E-state index is 6.12. The Hall–Kier alpha value is -1.74. The summed E-state index contributed by atoms with van der Waals surface area (Å²) in [6.07, 6.45) is 1.86. The summed E-state index contributed by atoms with van der Waals surface area (Å²) in [5.41, 5.74) is 3.04. The molecule has 0 aliphatic rings. The number of rotatable bonds is 5. The first-order chi connectivity index (χ1) is 9.58. The van der Waals surface area contributed by atoms with Crippen LogP contribution in [-0.4, -0.2) is 11.1 Å². The molecule has 0 saturated carbocycles. The number of nitrogens with zero attached hydrogens (tertiary/aromatic N) is 1. The van der Waals surface area contributed by atoms with Gasteiger partial charge in [0.15, 0.2) is 5.15 Å². The van der Waals surface area contributed by atoms with Crippen molar-refractivity contribution >= 4 is 17.3 Å². The lowest BCUT2D eigenvalue weighted by atomic mass is 10.2. The third-order valence-electron chi connectivity index (χ3n) is 2.90. The highest BCUT2D eigenvalue weighted by atomic mass is 35.5. The molecular formula is C16H19ClN2O. The van der Waals surface area contributed by atoms with Crippen molar-refractivity contribution in [1.29, 1.82) is 0 Å². The Bertz CT molecular complexity index is 564. The summed E-state index contributed by atoms with van der Waals surface area (Å²) in [6, 6.07) is 9.94. The minimum absolute atomic E-state index is 0.153. The van der Waals surface area contributed by atoms with Crippen LogP contribution in [0.5, 0.6) is 5.75 Å². The normalized spacial score (nSPS) is 10.7. The summed E-state index contributed by atoms with van der Waals surface area (Å²) in [5, 5.41) is 3.83. The van der Waals surface area contributed by atoms with Crippen LogP contribution in [-0.2, 0) is 6.54 Å². The monoisotopic (exact) mass is 290 g/mol. The molecule has 2 aromatic rings. The summed E-state index contributed by atoms with van der Waals surface area (Å²) < 4.78 is 5.81. The van der Waals surface area contributed by atoms with Gasteiger partial charge in [-0.15, -0.1) is 0 Å². The number of hydrogen-bond acceptors (Lipinski definition) is 3. The number of benzene rings is 1. The molecule has 0 bridgehead atoms. The Balaban J connectivity index is 2.15. The van der Waals surface area contributed by atoms with E-state index in [1.54, 1.807) is 6.20 Å². The van der Waals surface area contributed by atoms with Crippen molar-refractivity contribution in [3.05, 3.63) is 52.8 Å². The fourth-order valence-corrected chi connectivity index (χ4v) is 2.21. The number of aromatic nitrogens is 1. The van der Waals surface area contributed by atoms with E-state index in [2.05, 4.69) is 10.3 Å². The first-order valence-electron chi connectivity index (χ1n) is 6.67. The largest absolute Gasteiger partial charge is 0.491 e. The third kappa shape index (κ3) is 3.64. The van der Waals surface area contributed by atoms with Crippen molar-refractivity contribution in [2.75, 3.05) is 5.32 Å². The highest BCUT2D eigenvalue weighted by molar-refractivity contribution is 6.32. The number of hydrogen-bond donors (Lipinski definition) is 1. The summed E-state index contributed by atoms with van der Waals surface area (Å²) in [7, 11) is 0. The minimum atomic E-state index is 0.153. The van der Waals surface area contributed by atoms with Crippen molar-refractivity contribution < 1.29 is 4.74 Å². The number of halogens is 1. The van der Waals surface area contributed by atoms with Gasteiger partial charge in [0.05, 0.1) is 11.8 Å². The third-order valence-corrected chi connectivity index (χ3v) is 3.19. The number of pyridine rings is 1. The van der Waals surface area contributed by atoms with E-state index in [1.165, 1.54) is 0 Å². The molecule has 0 fully saturated rings. The Kier molecular flexibility index (Phi) is 4.85. The molecule has 0 radical (unpaired) electrons. The molecule has 4 heteroatoms. The van der Waals surface area contributed by atoms with Gasteiger partial charge in [0.25, 0.3) is 0 Å². The lowest BCUT2D eigenvalue weighted by Crippen LogP contribution is -2.09. The lowest BCUT2D eigenvalue weighted by Gasteiger charge is -2.16. The Morgan fingerprint density at radius 1 is 1.25 bits per heavy atom. The second kappa shape index (κ2) is 6.62. The fourth-order valence-electron chi connectivity index (χ4n) is 1.94. The minimum Gasteiger partial charge on any atom is -0.491 e. The van der Waals surface area contributed by atoms with E-state index < -0.39 is 0 Å². The maximum Gasteiger partial charge on any atom is 0.152 e. The van der Waals surface area contributed by atoms with E-state index in [9.17, 15) is 0 Å². The summed E-state index contributed by atoms with van der Waals surface area (Å²) in [6.45, 7) is 6.69. The SMILES string of the molecule is Cc1ccnc(Cl)c1NCc1ccccc1OC(C)C. The average Bonchev–Trinajstić information content (AvgIpc) is 2.39. The second-order valence-corrected chi connectivity index (χ2v) is 5.28. The zero-order chi connectivity index (χ0) is 14.5. The van der Waals surface area contributed by atoms with Crippen LogP contribution in [0.1, 0.15) is 25.0 Å². The Labute approximate surface area is 124 Å². The molecule has 0 unspecified atom stereocenters. The Morgan fingerprint density at radius 2 is 2.00 bits per heavy atom. The highest BCUT2D eigenvalue weighted by Gasteiger charge is 2.08. The van der Waals surface area contributed by atoms with Crippen LogP contribution in [0, 0.1) is 6.92 Å². The number of anilines is 1. The predicted molar refractivity (Wildman–Crippen MR) is 83.5 cm³/mol. The summed E-state index contributed by atoms with van der Waals surface area (Å²) in [5.74, 6) is 0.896. The van der Waals surface area contributed by atoms with Gasteiger partial charge in [-0.3, -0.25) is 0 Å². The first-order valence-corrected chi connectivity index (χ1v) is 7.05. The first kappa shape index (κ1) is 14.7. The average molecular weight is 291 g/mol. The second-order valence-electron chi connectivity index (χ2n) is 4.92. The van der Waals surface area contributed by atoms with E-state index in [0.29, 0.717) is 11.7 Å². The van der Waals surface area contributed by atoms with Gasteiger partial charge in [-0.1, -0.05) is 29.8 Å². The van der Waals surface area contributed by atoms with Gasteiger partial charge in [0.1, 0.15) is 5.75 Å². The topological polar surface area (TPSA) is 34.2 Å². The molecule has 1 N–H and O–H groups in total. The summed E-state index contributed by atoms with van der Waals surface area (Å²) >= 11 is 6.12. The van der Waals surface area contributed by atoms with Gasteiger partial charge in [-0.25, -0.2) is 4.98 Å². The van der Waals surface area contributed by atoms with E-state index in [-0.39, 0.29) is 6.10 Å². The molecule has 0 amide bonds. The van der Waals surface area contributed by atoms with Crippen LogP contribution in [0.25, 0.3) is 0 Å². The maximum absolute atomic E-state index is 6.12.